The molecule has 1 aromatic carbocycles. The molecule has 0 saturated carbocycles. The average molecular weight is 231 g/mol. The third kappa shape index (κ3) is 2.17. The predicted octanol–water partition coefficient (Wildman–Crippen LogP) is 1.99. The summed E-state index contributed by atoms with van der Waals surface area (Å²) in [4.78, 5) is 1.90. The lowest BCUT2D eigenvalue weighted by Crippen LogP contribution is -2.36. The summed E-state index contributed by atoms with van der Waals surface area (Å²) in [5.74, 6) is 0.754. The summed E-state index contributed by atoms with van der Waals surface area (Å²) in [6, 6.07) is 9.80. The minimum Gasteiger partial charge on any atom is -0.391 e. The maximum absolute atomic E-state index is 9.58. The second kappa shape index (κ2) is 4.59. The Morgan fingerprint density at radius 3 is 2.47 bits per heavy atom. The number of para-hydroxylation sites is 1. The summed E-state index contributed by atoms with van der Waals surface area (Å²) in [5.41, 5.74) is 1.02. The molecule has 2 unspecified atom stereocenters. The smallest absolute Gasteiger partial charge is 0.128 e. The third-order valence-electron chi connectivity index (χ3n) is 2.95. The molecule has 0 saturated heterocycles. The summed E-state index contributed by atoms with van der Waals surface area (Å²) >= 11 is 0. The van der Waals surface area contributed by atoms with Gasteiger partial charge in [-0.3, -0.25) is 4.90 Å². The van der Waals surface area contributed by atoms with Crippen molar-refractivity contribution in [1.82, 2.24) is 5.01 Å². The maximum atomic E-state index is 9.58. The Labute approximate surface area is 101 Å². The minimum atomic E-state index is -0.459. The first-order valence-corrected chi connectivity index (χ1v) is 5.66. The highest BCUT2D eigenvalue weighted by atomic mass is 16.3. The molecule has 1 heterocycles. The van der Waals surface area contributed by atoms with Gasteiger partial charge >= 0.3 is 0 Å². The zero-order valence-corrected chi connectivity index (χ0v) is 10.1. The van der Waals surface area contributed by atoms with E-state index >= 15 is 0 Å². The largest absolute Gasteiger partial charge is 0.391 e. The van der Waals surface area contributed by atoms with Crippen molar-refractivity contribution in [3.8, 4) is 0 Å². The van der Waals surface area contributed by atoms with Crippen LogP contribution < -0.4 is 4.90 Å². The van der Waals surface area contributed by atoms with Gasteiger partial charge in [-0.15, -0.1) is 0 Å². The van der Waals surface area contributed by atoms with E-state index < -0.39 is 6.10 Å². The summed E-state index contributed by atoms with van der Waals surface area (Å²) < 4.78 is 0. The first-order chi connectivity index (χ1) is 8.11. The second-order valence-corrected chi connectivity index (χ2v) is 4.18. The van der Waals surface area contributed by atoms with E-state index in [4.69, 9.17) is 0 Å². The van der Waals surface area contributed by atoms with Gasteiger partial charge in [0.15, 0.2) is 0 Å². The van der Waals surface area contributed by atoms with Crippen molar-refractivity contribution in [2.45, 2.75) is 26.0 Å². The Kier molecular flexibility index (Phi) is 3.15. The molecule has 90 valence electrons. The molecule has 1 aliphatic heterocycles. The first-order valence-electron chi connectivity index (χ1n) is 5.66. The summed E-state index contributed by atoms with van der Waals surface area (Å²) in [6.07, 6.45) is 1.26. The van der Waals surface area contributed by atoms with Crippen LogP contribution in [0, 0.1) is 0 Å². The summed E-state index contributed by atoms with van der Waals surface area (Å²) in [6.45, 7) is 7.68. The highest BCUT2D eigenvalue weighted by Gasteiger charge is 2.27. The van der Waals surface area contributed by atoms with E-state index in [1.807, 2.05) is 42.2 Å². The fraction of sp³-hybridized carbons (Fsp3) is 0.308. The number of rotatable bonds is 3. The lowest BCUT2D eigenvalue weighted by atomic mass is 10.2. The van der Waals surface area contributed by atoms with Crippen LogP contribution in [0.5, 0.6) is 0 Å². The molecule has 0 fully saturated rings. The van der Waals surface area contributed by atoms with Crippen LogP contribution in [0.4, 0.5) is 5.69 Å². The molecule has 0 radical (unpaired) electrons. The Balaban J connectivity index is 2.17. The van der Waals surface area contributed by atoms with Crippen molar-refractivity contribution >= 4 is 12.0 Å². The van der Waals surface area contributed by atoms with Crippen molar-refractivity contribution in [2.75, 3.05) is 4.90 Å². The molecular formula is C13H17N3O. The Bertz CT molecular complexity index is 428. The van der Waals surface area contributed by atoms with Gasteiger partial charge in [-0.1, -0.05) is 24.8 Å². The van der Waals surface area contributed by atoms with Gasteiger partial charge in [0, 0.05) is 5.69 Å². The predicted molar refractivity (Wildman–Crippen MR) is 69.5 cm³/mol. The van der Waals surface area contributed by atoms with Crippen molar-refractivity contribution in [1.29, 1.82) is 0 Å². The lowest BCUT2D eigenvalue weighted by molar-refractivity contribution is 0.0960. The van der Waals surface area contributed by atoms with Crippen LogP contribution in [0.2, 0.25) is 0 Å². The van der Waals surface area contributed by atoms with Crippen LogP contribution in [0.3, 0.4) is 0 Å². The number of hydrazone groups is 1. The first kappa shape index (κ1) is 11.7. The van der Waals surface area contributed by atoms with Gasteiger partial charge in [-0.05, 0) is 26.0 Å². The van der Waals surface area contributed by atoms with Crippen LogP contribution in [-0.2, 0) is 0 Å². The van der Waals surface area contributed by atoms with E-state index in [2.05, 4.69) is 11.7 Å². The normalized spacial score (nSPS) is 18.6. The number of nitrogens with zero attached hydrogens (tertiary/aromatic N) is 3. The Morgan fingerprint density at radius 1 is 1.24 bits per heavy atom. The standard InChI is InChI=1S/C13H17N3O/c1-10(11(2)17)16-12(3)15(9-14-16)13-7-5-4-6-8-13/h4-11,17H,3H2,1-2H3. The molecule has 17 heavy (non-hydrogen) atoms. The van der Waals surface area contributed by atoms with Crippen molar-refractivity contribution in [2.24, 2.45) is 5.10 Å². The molecule has 1 aromatic rings. The van der Waals surface area contributed by atoms with E-state index in [0.717, 1.165) is 11.5 Å². The molecule has 1 aliphatic rings. The van der Waals surface area contributed by atoms with Crippen molar-refractivity contribution in [3.05, 3.63) is 42.7 Å². The molecule has 0 bridgehead atoms. The van der Waals surface area contributed by atoms with Gasteiger partial charge in [0.2, 0.25) is 0 Å². The minimum absolute atomic E-state index is 0.0903. The number of benzene rings is 1. The lowest BCUT2D eigenvalue weighted by Gasteiger charge is -2.28. The van der Waals surface area contributed by atoms with E-state index in [1.54, 1.807) is 18.3 Å². The topological polar surface area (TPSA) is 39.1 Å². The monoisotopic (exact) mass is 231 g/mol. The molecule has 4 nitrogen and oxygen atoms in total. The van der Waals surface area contributed by atoms with Crippen LogP contribution in [-0.4, -0.2) is 28.6 Å². The molecule has 0 amide bonds. The average Bonchev–Trinajstić information content (AvgIpc) is 2.71. The van der Waals surface area contributed by atoms with Gasteiger partial charge in [-0.25, -0.2) is 5.01 Å². The molecule has 0 spiro atoms. The number of anilines is 1. The number of hydrogen-bond acceptors (Lipinski definition) is 4. The summed E-state index contributed by atoms with van der Waals surface area (Å²) in [5, 5.41) is 15.6. The Hall–Kier alpha value is -1.81. The molecule has 2 rings (SSSR count). The van der Waals surface area contributed by atoms with Gasteiger partial charge < -0.3 is 5.11 Å². The molecular weight excluding hydrogens is 214 g/mol. The quantitative estimate of drug-likeness (QED) is 0.864. The van der Waals surface area contributed by atoms with E-state index in [-0.39, 0.29) is 6.04 Å². The fourth-order valence-corrected chi connectivity index (χ4v) is 1.70. The SMILES string of the molecule is C=C1N(c2ccccc2)C=NN1C(C)C(C)O. The van der Waals surface area contributed by atoms with Crippen LogP contribution in [0.15, 0.2) is 47.8 Å². The van der Waals surface area contributed by atoms with Crippen LogP contribution >= 0.6 is 0 Å². The number of hydrogen-bond donors (Lipinski definition) is 1. The molecule has 4 heteroatoms. The van der Waals surface area contributed by atoms with Crippen molar-refractivity contribution < 1.29 is 5.11 Å². The molecule has 0 aliphatic carbocycles. The van der Waals surface area contributed by atoms with Crippen LogP contribution in [0.25, 0.3) is 0 Å². The molecule has 1 N–H and O–H groups in total. The third-order valence-corrected chi connectivity index (χ3v) is 2.95. The van der Waals surface area contributed by atoms with Gasteiger partial charge in [0.1, 0.15) is 12.2 Å². The zero-order valence-electron chi connectivity index (χ0n) is 10.1. The molecule has 2 atom stereocenters. The highest BCUT2D eigenvalue weighted by Crippen LogP contribution is 2.25. The number of aliphatic hydroxyl groups is 1. The second-order valence-electron chi connectivity index (χ2n) is 4.18. The zero-order chi connectivity index (χ0) is 12.4. The van der Waals surface area contributed by atoms with Gasteiger partial charge in [-0.2, -0.15) is 5.10 Å². The van der Waals surface area contributed by atoms with Gasteiger partial charge in [0.25, 0.3) is 0 Å². The Morgan fingerprint density at radius 2 is 1.88 bits per heavy atom. The fourth-order valence-electron chi connectivity index (χ4n) is 1.70. The highest BCUT2D eigenvalue weighted by molar-refractivity contribution is 5.84. The van der Waals surface area contributed by atoms with E-state index in [0.29, 0.717) is 0 Å². The van der Waals surface area contributed by atoms with Gasteiger partial charge in [0.05, 0.1) is 12.1 Å². The molecule has 0 aromatic heterocycles. The van der Waals surface area contributed by atoms with E-state index in [1.165, 1.54) is 0 Å². The van der Waals surface area contributed by atoms with Crippen molar-refractivity contribution in [3.63, 3.8) is 0 Å². The van der Waals surface area contributed by atoms with Crippen LogP contribution in [0.1, 0.15) is 13.8 Å². The maximum Gasteiger partial charge on any atom is 0.128 e. The number of aliphatic hydroxyl groups excluding tert-OH is 1. The van der Waals surface area contributed by atoms with E-state index in [9.17, 15) is 5.11 Å². The summed E-state index contributed by atoms with van der Waals surface area (Å²) in [7, 11) is 0.